The Kier molecular flexibility index (Phi) is 1.85. The van der Waals surface area contributed by atoms with Gasteiger partial charge in [0.15, 0.2) is 0 Å². The fraction of sp³-hybridized carbons (Fsp3) is 0.200. The molecule has 2 rings (SSSR count). The van der Waals surface area contributed by atoms with Gasteiger partial charge in [0.25, 0.3) is 0 Å². The van der Waals surface area contributed by atoms with Crippen molar-refractivity contribution in [3.05, 3.63) is 42.1 Å². The van der Waals surface area contributed by atoms with Crippen LogP contribution >= 0.6 is 0 Å². The molecule has 0 saturated heterocycles. The Morgan fingerprint density at radius 3 is 2.62 bits per heavy atom. The van der Waals surface area contributed by atoms with E-state index in [1.54, 1.807) is 6.20 Å². The minimum absolute atomic E-state index is 0.917. The third-order valence-corrected chi connectivity index (χ3v) is 1.90. The summed E-state index contributed by atoms with van der Waals surface area (Å²) in [7, 11) is 0. The first-order valence-corrected chi connectivity index (χ1v) is 4.21. The number of aromatic nitrogens is 3. The molecule has 2 aromatic rings. The monoisotopic (exact) mass is 173 g/mol. The van der Waals surface area contributed by atoms with E-state index in [-0.39, 0.29) is 0 Å². The summed E-state index contributed by atoms with van der Waals surface area (Å²) in [6, 6.07) is 5.84. The number of hydrogen-bond acceptors (Lipinski definition) is 2. The second-order valence-electron chi connectivity index (χ2n) is 2.99. The second kappa shape index (κ2) is 3.01. The van der Waals surface area contributed by atoms with Crippen LogP contribution in [0.25, 0.3) is 5.82 Å². The molecule has 0 spiro atoms. The third kappa shape index (κ3) is 1.45. The normalized spacial score (nSPS) is 10.3. The first-order valence-electron chi connectivity index (χ1n) is 4.21. The molecule has 66 valence electrons. The van der Waals surface area contributed by atoms with Gasteiger partial charge in [0.2, 0.25) is 0 Å². The minimum atomic E-state index is 0.917. The molecule has 3 nitrogen and oxygen atoms in total. The van der Waals surface area contributed by atoms with E-state index in [1.165, 1.54) is 0 Å². The summed E-state index contributed by atoms with van der Waals surface area (Å²) in [6.45, 7) is 3.95. The molecule has 2 heterocycles. The highest BCUT2D eigenvalue weighted by atomic mass is 15.1. The van der Waals surface area contributed by atoms with Crippen LogP contribution in [0.15, 0.2) is 30.6 Å². The molecule has 0 bridgehead atoms. The number of nitrogens with zero attached hydrogens (tertiary/aromatic N) is 3. The molecule has 0 atom stereocenters. The summed E-state index contributed by atoms with van der Waals surface area (Å²) < 4.78 is 1.98. The van der Waals surface area contributed by atoms with Crippen LogP contribution in [-0.4, -0.2) is 14.5 Å². The quantitative estimate of drug-likeness (QED) is 0.659. The smallest absolute Gasteiger partial charge is 0.137 e. The van der Waals surface area contributed by atoms with E-state index >= 15 is 0 Å². The maximum atomic E-state index is 4.31. The number of imidazole rings is 1. The van der Waals surface area contributed by atoms with Crippen molar-refractivity contribution in [2.75, 3.05) is 0 Å². The molecule has 0 aliphatic rings. The van der Waals surface area contributed by atoms with E-state index in [0.717, 1.165) is 17.3 Å². The van der Waals surface area contributed by atoms with E-state index in [0.29, 0.717) is 0 Å². The van der Waals surface area contributed by atoms with Crippen molar-refractivity contribution in [2.24, 2.45) is 0 Å². The van der Waals surface area contributed by atoms with Gasteiger partial charge in [-0.15, -0.1) is 0 Å². The molecule has 0 radical (unpaired) electrons. The fourth-order valence-electron chi connectivity index (χ4n) is 1.35. The maximum Gasteiger partial charge on any atom is 0.137 e. The molecule has 0 aromatic carbocycles. The Hall–Kier alpha value is -1.64. The van der Waals surface area contributed by atoms with Crippen molar-refractivity contribution in [3.8, 4) is 5.82 Å². The molecule has 0 saturated carbocycles. The van der Waals surface area contributed by atoms with Gasteiger partial charge in [-0.3, -0.25) is 4.57 Å². The first-order chi connectivity index (χ1) is 6.27. The maximum absolute atomic E-state index is 4.31. The Morgan fingerprint density at radius 1 is 1.23 bits per heavy atom. The Balaban J connectivity index is 2.53. The zero-order chi connectivity index (χ0) is 9.26. The van der Waals surface area contributed by atoms with E-state index in [9.17, 15) is 0 Å². The highest BCUT2D eigenvalue weighted by Gasteiger charge is 2.02. The van der Waals surface area contributed by atoms with E-state index < -0.39 is 0 Å². The van der Waals surface area contributed by atoms with Crippen LogP contribution in [0.3, 0.4) is 0 Å². The van der Waals surface area contributed by atoms with Crippen molar-refractivity contribution >= 4 is 0 Å². The molecule has 0 N–H and O–H groups in total. The van der Waals surface area contributed by atoms with E-state index in [2.05, 4.69) is 9.97 Å². The lowest BCUT2D eigenvalue weighted by atomic mass is 10.4. The lowest BCUT2D eigenvalue weighted by Gasteiger charge is -2.01. The van der Waals surface area contributed by atoms with Crippen LogP contribution in [0.2, 0.25) is 0 Å². The van der Waals surface area contributed by atoms with Crippen LogP contribution in [0, 0.1) is 13.8 Å². The van der Waals surface area contributed by atoms with Crippen molar-refractivity contribution in [3.63, 3.8) is 0 Å². The standard InChI is InChI=1S/C10H11N3/c1-8-7-13(9(2)12-8)10-5-3-4-6-11-10/h3-7H,1-2H3. The highest BCUT2D eigenvalue weighted by molar-refractivity contribution is 5.24. The predicted octanol–water partition coefficient (Wildman–Crippen LogP) is 1.88. The number of pyridine rings is 1. The summed E-state index contributed by atoms with van der Waals surface area (Å²) >= 11 is 0. The molecule has 2 aromatic heterocycles. The summed E-state index contributed by atoms with van der Waals surface area (Å²) in [4.78, 5) is 8.56. The van der Waals surface area contributed by atoms with Gasteiger partial charge in [-0.1, -0.05) is 6.07 Å². The lowest BCUT2D eigenvalue weighted by Crippen LogP contribution is -1.97. The Morgan fingerprint density at radius 2 is 2.08 bits per heavy atom. The summed E-state index contributed by atoms with van der Waals surface area (Å²) in [5, 5.41) is 0. The average molecular weight is 173 g/mol. The minimum Gasteiger partial charge on any atom is -0.288 e. The van der Waals surface area contributed by atoms with Crippen LogP contribution in [0.5, 0.6) is 0 Å². The van der Waals surface area contributed by atoms with Crippen molar-refractivity contribution in [1.82, 2.24) is 14.5 Å². The van der Waals surface area contributed by atoms with Gasteiger partial charge < -0.3 is 0 Å². The second-order valence-corrected chi connectivity index (χ2v) is 2.99. The van der Waals surface area contributed by atoms with Crippen molar-refractivity contribution in [1.29, 1.82) is 0 Å². The lowest BCUT2D eigenvalue weighted by molar-refractivity contribution is 0.933. The van der Waals surface area contributed by atoms with Gasteiger partial charge >= 0.3 is 0 Å². The molecule has 0 amide bonds. The van der Waals surface area contributed by atoms with Crippen molar-refractivity contribution in [2.45, 2.75) is 13.8 Å². The number of hydrogen-bond donors (Lipinski definition) is 0. The van der Waals surface area contributed by atoms with Crippen LogP contribution in [0.1, 0.15) is 11.5 Å². The Labute approximate surface area is 77.1 Å². The van der Waals surface area contributed by atoms with Crippen LogP contribution in [-0.2, 0) is 0 Å². The van der Waals surface area contributed by atoms with Crippen LogP contribution in [0.4, 0.5) is 0 Å². The van der Waals surface area contributed by atoms with Gasteiger partial charge in [0.05, 0.1) is 5.69 Å². The van der Waals surface area contributed by atoms with Crippen molar-refractivity contribution < 1.29 is 0 Å². The Bertz CT molecular complexity index is 403. The topological polar surface area (TPSA) is 30.7 Å². The first kappa shape index (κ1) is 7.98. The largest absolute Gasteiger partial charge is 0.288 e. The zero-order valence-electron chi connectivity index (χ0n) is 7.73. The predicted molar refractivity (Wildman–Crippen MR) is 50.8 cm³/mol. The summed E-state index contributed by atoms with van der Waals surface area (Å²) in [5.74, 6) is 1.89. The molecule has 3 heteroatoms. The van der Waals surface area contributed by atoms with E-state index in [4.69, 9.17) is 0 Å². The molecule has 0 unspecified atom stereocenters. The molecular formula is C10H11N3. The number of rotatable bonds is 1. The van der Waals surface area contributed by atoms with Crippen LogP contribution < -0.4 is 0 Å². The number of aryl methyl sites for hydroxylation is 2. The molecule has 13 heavy (non-hydrogen) atoms. The van der Waals surface area contributed by atoms with Gasteiger partial charge in [0.1, 0.15) is 11.6 Å². The third-order valence-electron chi connectivity index (χ3n) is 1.90. The highest BCUT2D eigenvalue weighted by Crippen LogP contribution is 2.08. The van der Waals surface area contributed by atoms with Gasteiger partial charge in [-0.05, 0) is 26.0 Å². The summed E-state index contributed by atoms with van der Waals surface area (Å²) in [5.41, 5.74) is 1.02. The molecular weight excluding hydrogens is 162 g/mol. The molecule has 0 aliphatic carbocycles. The van der Waals surface area contributed by atoms with Gasteiger partial charge in [-0.2, -0.15) is 0 Å². The fourth-order valence-corrected chi connectivity index (χ4v) is 1.35. The SMILES string of the molecule is Cc1cn(-c2ccccn2)c(C)n1. The van der Waals surface area contributed by atoms with Gasteiger partial charge in [0, 0.05) is 12.4 Å². The van der Waals surface area contributed by atoms with Gasteiger partial charge in [-0.25, -0.2) is 9.97 Å². The average Bonchev–Trinajstić information content (AvgIpc) is 2.47. The zero-order valence-corrected chi connectivity index (χ0v) is 7.73. The summed E-state index contributed by atoms with van der Waals surface area (Å²) in [6.07, 6.45) is 3.77. The van der Waals surface area contributed by atoms with E-state index in [1.807, 2.05) is 42.8 Å². The molecule has 0 fully saturated rings. The molecule has 0 aliphatic heterocycles.